The molecule has 0 bridgehead atoms. The van der Waals surface area contributed by atoms with Crippen molar-refractivity contribution in [3.63, 3.8) is 0 Å². The molecule has 17 heteroatoms. The lowest BCUT2D eigenvalue weighted by Gasteiger charge is -2.19. The lowest BCUT2D eigenvalue weighted by atomic mass is 10.1. The van der Waals surface area contributed by atoms with Crippen molar-refractivity contribution in [2.75, 3.05) is 0 Å². The Kier molecular flexibility index (Phi) is 11.1. The van der Waals surface area contributed by atoms with E-state index in [1.165, 1.54) is 18.5 Å². The first-order valence-corrected chi connectivity index (χ1v) is 13.4. The van der Waals surface area contributed by atoms with E-state index in [1.807, 2.05) is 0 Å². The lowest BCUT2D eigenvalue weighted by molar-refractivity contribution is -0.154. The minimum atomic E-state index is -4.61. The lowest BCUT2D eigenvalue weighted by Crippen LogP contribution is -2.24. The Morgan fingerprint density at radius 1 is 0.682 bits per heavy atom. The van der Waals surface area contributed by atoms with E-state index in [0.717, 1.165) is 24.8 Å². The molecule has 8 nitrogen and oxygen atoms in total. The van der Waals surface area contributed by atoms with Gasteiger partial charge in [-0.3, -0.25) is 9.78 Å². The molecule has 0 amide bonds. The number of aromatic nitrogens is 6. The normalized spacial score (nSPS) is 11.9. The fourth-order valence-electron chi connectivity index (χ4n) is 3.32. The fraction of sp³-hybridized carbons (Fsp3) is 0.296. The van der Waals surface area contributed by atoms with Crippen LogP contribution in [0.1, 0.15) is 44.5 Å². The van der Waals surface area contributed by atoms with Gasteiger partial charge in [0.1, 0.15) is 10.8 Å². The van der Waals surface area contributed by atoms with Crippen molar-refractivity contribution < 1.29 is 35.9 Å². The number of halogens is 9. The van der Waals surface area contributed by atoms with Gasteiger partial charge >= 0.3 is 18.3 Å². The zero-order valence-electron chi connectivity index (χ0n) is 22.9. The van der Waals surface area contributed by atoms with Gasteiger partial charge in [-0.25, -0.2) is 24.9 Å². The summed E-state index contributed by atoms with van der Waals surface area (Å²) < 4.78 is 79.7. The second kappa shape index (κ2) is 14.0. The standard InChI is InChI=1S/C17H17ClF3N3O2.C10H4Cl2F3N3/c1-16(2,3)26-14(25)5-4-11-6-12(13(18)9-22-11)10-7-23-15(24-8-10)17(19,20)21;11-7-4-16-8(12)1-6(7)5-2-17-9(18-3-5)10(13,14)15/h6-9H,4-5H2,1-3H3;1-4H. The largest absolute Gasteiger partial charge is 0.460 e. The topological polar surface area (TPSA) is 104 Å². The highest BCUT2D eigenvalue weighted by molar-refractivity contribution is 6.34. The van der Waals surface area contributed by atoms with Gasteiger partial charge < -0.3 is 4.74 Å². The molecule has 4 aromatic heterocycles. The highest BCUT2D eigenvalue weighted by Crippen LogP contribution is 2.32. The molecule has 0 N–H and O–H groups in total. The summed E-state index contributed by atoms with van der Waals surface area (Å²) in [4.78, 5) is 32.8. The average Bonchev–Trinajstić information content (AvgIpc) is 2.92. The quantitative estimate of drug-likeness (QED) is 0.118. The van der Waals surface area contributed by atoms with Crippen molar-refractivity contribution in [2.24, 2.45) is 0 Å². The first-order chi connectivity index (χ1) is 20.3. The van der Waals surface area contributed by atoms with Crippen molar-refractivity contribution >= 4 is 40.8 Å². The Labute approximate surface area is 261 Å². The number of rotatable bonds is 5. The van der Waals surface area contributed by atoms with Crippen LogP contribution in [0.3, 0.4) is 0 Å². The number of aryl methyl sites for hydroxylation is 1. The van der Waals surface area contributed by atoms with Gasteiger partial charge in [0.25, 0.3) is 0 Å². The number of carbonyl (C=O) groups excluding carboxylic acids is 1. The van der Waals surface area contributed by atoms with Crippen LogP contribution in [0.15, 0.2) is 49.3 Å². The second-order valence-electron chi connectivity index (χ2n) is 9.82. The Balaban J connectivity index is 0.000000257. The number of ether oxygens (including phenoxy) is 1. The van der Waals surface area contributed by atoms with Gasteiger partial charge in [0.2, 0.25) is 11.6 Å². The van der Waals surface area contributed by atoms with E-state index in [9.17, 15) is 31.1 Å². The molecule has 234 valence electrons. The van der Waals surface area contributed by atoms with Crippen LogP contribution in [0.25, 0.3) is 22.3 Å². The van der Waals surface area contributed by atoms with Gasteiger partial charge in [0, 0.05) is 71.5 Å². The number of pyridine rings is 2. The van der Waals surface area contributed by atoms with E-state index < -0.39 is 29.6 Å². The molecule has 0 aromatic carbocycles. The van der Waals surface area contributed by atoms with Crippen LogP contribution in [0, 0.1) is 0 Å². The van der Waals surface area contributed by atoms with Crippen LogP contribution < -0.4 is 0 Å². The molecule has 0 saturated carbocycles. The zero-order valence-corrected chi connectivity index (χ0v) is 25.2. The van der Waals surface area contributed by atoms with E-state index in [4.69, 9.17) is 39.5 Å². The molecule has 0 atom stereocenters. The number of nitrogens with zero attached hydrogens (tertiary/aromatic N) is 6. The number of esters is 1. The van der Waals surface area contributed by atoms with Crippen molar-refractivity contribution in [1.82, 2.24) is 29.9 Å². The molecular formula is C27H21Cl3F6N6O2. The van der Waals surface area contributed by atoms with Gasteiger partial charge in [-0.15, -0.1) is 0 Å². The summed E-state index contributed by atoms with van der Waals surface area (Å²) in [7, 11) is 0. The van der Waals surface area contributed by atoms with E-state index in [-0.39, 0.29) is 27.6 Å². The van der Waals surface area contributed by atoms with Crippen LogP contribution in [-0.4, -0.2) is 41.5 Å². The minimum absolute atomic E-state index is 0.120. The summed E-state index contributed by atoms with van der Waals surface area (Å²) >= 11 is 17.6. The molecule has 0 aliphatic heterocycles. The third kappa shape index (κ3) is 10.2. The molecule has 4 rings (SSSR count). The van der Waals surface area contributed by atoms with Crippen molar-refractivity contribution in [1.29, 1.82) is 0 Å². The Bertz CT molecular complexity index is 1600. The predicted molar refractivity (Wildman–Crippen MR) is 150 cm³/mol. The van der Waals surface area contributed by atoms with Gasteiger partial charge in [-0.05, 0) is 32.9 Å². The summed E-state index contributed by atoms with van der Waals surface area (Å²) in [5.41, 5.74) is 1.49. The van der Waals surface area contributed by atoms with Gasteiger partial charge in [-0.2, -0.15) is 26.3 Å². The Hall–Kier alpha value is -3.62. The first-order valence-electron chi connectivity index (χ1n) is 12.3. The van der Waals surface area contributed by atoms with Crippen LogP contribution in [0.2, 0.25) is 15.2 Å². The summed E-state index contributed by atoms with van der Waals surface area (Å²) in [6.07, 6.45) is -1.91. The number of hydrogen-bond donors (Lipinski definition) is 0. The maximum absolute atomic E-state index is 12.6. The number of hydrogen-bond acceptors (Lipinski definition) is 8. The number of carbonyl (C=O) groups is 1. The molecular weight excluding hydrogens is 661 g/mol. The van der Waals surface area contributed by atoms with Crippen molar-refractivity contribution in [3.8, 4) is 22.3 Å². The third-order valence-electron chi connectivity index (χ3n) is 5.17. The minimum Gasteiger partial charge on any atom is -0.460 e. The van der Waals surface area contributed by atoms with Gasteiger partial charge in [0.05, 0.1) is 16.5 Å². The molecule has 4 heterocycles. The monoisotopic (exact) mass is 680 g/mol. The molecule has 0 fully saturated rings. The fourth-order valence-corrected chi connectivity index (χ4v) is 3.91. The van der Waals surface area contributed by atoms with Crippen molar-refractivity contribution in [3.05, 3.63) is 81.9 Å². The predicted octanol–water partition coefficient (Wildman–Crippen LogP) is 8.35. The van der Waals surface area contributed by atoms with Crippen LogP contribution in [-0.2, 0) is 28.3 Å². The SMILES string of the molecule is CC(C)(C)OC(=O)CCc1cc(-c2cnc(C(F)(F)F)nc2)c(Cl)cn1.FC(F)(F)c1ncc(-c2cc(Cl)ncc2Cl)cn1. The second-order valence-corrected chi connectivity index (χ2v) is 11.0. The van der Waals surface area contributed by atoms with Crippen LogP contribution in [0.4, 0.5) is 26.3 Å². The molecule has 0 aliphatic carbocycles. The van der Waals surface area contributed by atoms with Crippen LogP contribution >= 0.6 is 34.8 Å². The molecule has 44 heavy (non-hydrogen) atoms. The van der Waals surface area contributed by atoms with Crippen LogP contribution in [0.5, 0.6) is 0 Å². The molecule has 0 radical (unpaired) electrons. The zero-order chi connectivity index (χ0) is 32.9. The first kappa shape index (κ1) is 34.9. The summed E-state index contributed by atoms with van der Waals surface area (Å²) in [5.74, 6) is -2.80. The van der Waals surface area contributed by atoms with Crippen molar-refractivity contribution in [2.45, 2.75) is 51.6 Å². The molecule has 0 aliphatic rings. The number of alkyl halides is 6. The maximum Gasteiger partial charge on any atom is 0.451 e. The summed E-state index contributed by atoms with van der Waals surface area (Å²) in [6.45, 7) is 5.32. The van der Waals surface area contributed by atoms with E-state index >= 15 is 0 Å². The summed E-state index contributed by atoms with van der Waals surface area (Å²) in [5, 5.41) is 0.673. The molecule has 4 aromatic rings. The van der Waals surface area contributed by atoms with E-state index in [1.54, 1.807) is 26.8 Å². The average molecular weight is 682 g/mol. The van der Waals surface area contributed by atoms with E-state index in [0.29, 0.717) is 34.4 Å². The smallest absolute Gasteiger partial charge is 0.451 e. The molecule has 0 spiro atoms. The summed E-state index contributed by atoms with van der Waals surface area (Å²) in [6, 6.07) is 3.02. The maximum atomic E-state index is 12.6. The molecule has 0 saturated heterocycles. The Morgan fingerprint density at radius 3 is 1.55 bits per heavy atom. The molecule has 0 unspecified atom stereocenters. The van der Waals surface area contributed by atoms with Gasteiger partial charge in [-0.1, -0.05) is 34.8 Å². The third-order valence-corrected chi connectivity index (χ3v) is 5.98. The van der Waals surface area contributed by atoms with Gasteiger partial charge in [0.15, 0.2) is 0 Å². The Morgan fingerprint density at radius 2 is 1.11 bits per heavy atom. The highest BCUT2D eigenvalue weighted by Gasteiger charge is 2.35. The van der Waals surface area contributed by atoms with E-state index in [2.05, 4.69) is 29.9 Å². The highest BCUT2D eigenvalue weighted by atomic mass is 35.5.